The second-order valence-electron chi connectivity index (χ2n) is 4.68. The number of anilines is 1. The molecule has 1 aliphatic heterocycles. The minimum absolute atomic E-state index is 0.100. The average Bonchev–Trinajstić information content (AvgIpc) is 2.76. The lowest BCUT2D eigenvalue weighted by Gasteiger charge is -2.21. The molecule has 0 aromatic heterocycles. The molecule has 102 valence electrons. The molecule has 0 saturated carbocycles. The Labute approximate surface area is 110 Å². The number of benzene rings is 1. The van der Waals surface area contributed by atoms with Crippen LogP contribution in [0.25, 0.3) is 0 Å². The molecule has 1 amide bonds. The molecule has 0 aliphatic carbocycles. The largest absolute Gasteiger partial charge is 0.393 e. The molecule has 0 bridgehead atoms. The first-order chi connectivity index (χ1) is 8.99. The maximum absolute atomic E-state index is 11.3. The minimum atomic E-state index is -0.513. The van der Waals surface area contributed by atoms with E-state index in [1.54, 1.807) is 12.1 Å². The molecule has 7 nitrogen and oxygen atoms in total. The van der Waals surface area contributed by atoms with Crippen molar-refractivity contribution in [1.82, 2.24) is 4.90 Å². The van der Waals surface area contributed by atoms with Crippen molar-refractivity contribution in [3.63, 3.8) is 0 Å². The Morgan fingerprint density at radius 1 is 1.53 bits per heavy atom. The second kappa shape index (κ2) is 5.23. The molecule has 0 radical (unpaired) electrons. The lowest BCUT2D eigenvalue weighted by atomic mass is 10.1. The molecule has 2 rings (SSSR count). The summed E-state index contributed by atoms with van der Waals surface area (Å²) in [7, 11) is 0. The maximum atomic E-state index is 11.3. The van der Waals surface area contributed by atoms with Crippen molar-refractivity contribution in [3.05, 3.63) is 33.9 Å². The van der Waals surface area contributed by atoms with Crippen LogP contribution < -0.4 is 11.5 Å². The van der Waals surface area contributed by atoms with E-state index in [1.165, 1.54) is 6.07 Å². The van der Waals surface area contributed by atoms with Gasteiger partial charge < -0.3 is 11.5 Å². The zero-order valence-electron chi connectivity index (χ0n) is 10.4. The maximum Gasteiger partial charge on any atom is 0.292 e. The molecule has 1 aromatic rings. The van der Waals surface area contributed by atoms with E-state index in [2.05, 4.69) is 0 Å². The van der Waals surface area contributed by atoms with Crippen molar-refractivity contribution >= 4 is 17.3 Å². The van der Waals surface area contributed by atoms with E-state index in [4.69, 9.17) is 11.5 Å². The van der Waals surface area contributed by atoms with Gasteiger partial charge in [-0.05, 0) is 31.0 Å². The van der Waals surface area contributed by atoms with E-state index in [0.717, 1.165) is 24.9 Å². The van der Waals surface area contributed by atoms with Crippen LogP contribution in [0.15, 0.2) is 18.2 Å². The highest BCUT2D eigenvalue weighted by molar-refractivity contribution is 5.80. The topological polar surface area (TPSA) is 115 Å². The summed E-state index contributed by atoms with van der Waals surface area (Å²) in [5.41, 5.74) is 11.9. The smallest absolute Gasteiger partial charge is 0.292 e. The van der Waals surface area contributed by atoms with Gasteiger partial charge in [0.05, 0.1) is 11.0 Å². The molecular formula is C12H16N4O3. The summed E-state index contributed by atoms with van der Waals surface area (Å²) in [6.07, 6.45) is 1.69. The predicted molar refractivity (Wildman–Crippen MR) is 70.1 cm³/mol. The fraction of sp³-hybridized carbons (Fsp3) is 0.417. The molecular weight excluding hydrogens is 248 g/mol. The quantitative estimate of drug-likeness (QED) is 0.470. The van der Waals surface area contributed by atoms with Crippen LogP contribution >= 0.6 is 0 Å². The van der Waals surface area contributed by atoms with Gasteiger partial charge in [0, 0.05) is 12.6 Å². The highest BCUT2D eigenvalue weighted by Crippen LogP contribution is 2.25. The van der Waals surface area contributed by atoms with Gasteiger partial charge in [0.2, 0.25) is 5.91 Å². The van der Waals surface area contributed by atoms with Crippen LogP contribution in [0.2, 0.25) is 0 Å². The van der Waals surface area contributed by atoms with E-state index in [-0.39, 0.29) is 23.3 Å². The normalized spacial score (nSPS) is 19.5. The van der Waals surface area contributed by atoms with Crippen molar-refractivity contribution in [2.24, 2.45) is 5.73 Å². The highest BCUT2D eigenvalue weighted by atomic mass is 16.6. The van der Waals surface area contributed by atoms with E-state index in [9.17, 15) is 14.9 Å². The number of carbonyl (C=O) groups is 1. The SMILES string of the molecule is NC(=O)C1CCCN1Cc1ccc([N+](=O)[O-])c(N)c1. The summed E-state index contributed by atoms with van der Waals surface area (Å²) in [6, 6.07) is 4.37. The summed E-state index contributed by atoms with van der Waals surface area (Å²) in [4.78, 5) is 23.4. The van der Waals surface area contributed by atoms with Crippen molar-refractivity contribution in [2.75, 3.05) is 12.3 Å². The number of nitro benzene ring substituents is 1. The van der Waals surface area contributed by atoms with Gasteiger partial charge in [0.15, 0.2) is 0 Å². The Morgan fingerprint density at radius 2 is 2.26 bits per heavy atom. The van der Waals surface area contributed by atoms with Crippen molar-refractivity contribution in [1.29, 1.82) is 0 Å². The molecule has 1 atom stereocenters. The number of hydrogen-bond acceptors (Lipinski definition) is 5. The number of hydrogen-bond donors (Lipinski definition) is 2. The van der Waals surface area contributed by atoms with Crippen molar-refractivity contribution in [3.8, 4) is 0 Å². The number of amides is 1. The van der Waals surface area contributed by atoms with Crippen LogP contribution in [-0.4, -0.2) is 28.3 Å². The molecule has 1 heterocycles. The zero-order chi connectivity index (χ0) is 14.0. The molecule has 19 heavy (non-hydrogen) atoms. The van der Waals surface area contributed by atoms with E-state index in [1.807, 2.05) is 4.90 Å². The van der Waals surface area contributed by atoms with Crippen LogP contribution in [-0.2, 0) is 11.3 Å². The number of nitrogen functional groups attached to an aromatic ring is 1. The lowest BCUT2D eigenvalue weighted by Crippen LogP contribution is -2.39. The highest BCUT2D eigenvalue weighted by Gasteiger charge is 2.28. The summed E-state index contributed by atoms with van der Waals surface area (Å²) in [5, 5.41) is 10.7. The third-order valence-electron chi connectivity index (χ3n) is 3.37. The van der Waals surface area contributed by atoms with Crippen molar-refractivity contribution in [2.45, 2.75) is 25.4 Å². The first kappa shape index (κ1) is 13.3. The van der Waals surface area contributed by atoms with Gasteiger partial charge in [0.1, 0.15) is 5.69 Å². The number of nitrogens with zero attached hydrogens (tertiary/aromatic N) is 2. The second-order valence-corrected chi connectivity index (χ2v) is 4.68. The minimum Gasteiger partial charge on any atom is -0.393 e. The monoisotopic (exact) mass is 264 g/mol. The van der Waals surface area contributed by atoms with Gasteiger partial charge in [-0.25, -0.2) is 0 Å². The van der Waals surface area contributed by atoms with Crippen LogP contribution in [0, 0.1) is 10.1 Å². The van der Waals surface area contributed by atoms with Gasteiger partial charge in [0.25, 0.3) is 5.69 Å². The van der Waals surface area contributed by atoms with E-state index < -0.39 is 4.92 Å². The number of rotatable bonds is 4. The Bertz CT molecular complexity index is 518. The molecule has 0 spiro atoms. The number of carbonyl (C=O) groups excluding carboxylic acids is 1. The molecule has 1 unspecified atom stereocenters. The molecule has 1 fully saturated rings. The molecule has 1 aromatic carbocycles. The number of nitro groups is 1. The molecule has 1 saturated heterocycles. The molecule has 4 N–H and O–H groups in total. The molecule has 7 heteroatoms. The van der Waals surface area contributed by atoms with Gasteiger partial charge >= 0.3 is 0 Å². The van der Waals surface area contributed by atoms with Crippen LogP contribution in [0.1, 0.15) is 18.4 Å². The van der Waals surface area contributed by atoms with Gasteiger partial charge in [-0.15, -0.1) is 0 Å². The fourth-order valence-electron chi connectivity index (χ4n) is 2.44. The van der Waals surface area contributed by atoms with Gasteiger partial charge in [-0.2, -0.15) is 0 Å². The Hall–Kier alpha value is -2.15. The number of nitrogens with two attached hydrogens (primary N) is 2. The summed E-state index contributed by atoms with van der Waals surface area (Å²) in [5.74, 6) is -0.326. The first-order valence-electron chi connectivity index (χ1n) is 6.05. The average molecular weight is 264 g/mol. The zero-order valence-corrected chi connectivity index (χ0v) is 10.4. The van der Waals surface area contributed by atoms with Crippen LogP contribution in [0.4, 0.5) is 11.4 Å². The van der Waals surface area contributed by atoms with Crippen molar-refractivity contribution < 1.29 is 9.72 Å². The predicted octanol–water partition coefficient (Wildman–Crippen LogP) is 0.627. The Morgan fingerprint density at radius 3 is 2.84 bits per heavy atom. The third kappa shape index (κ3) is 2.82. The van der Waals surface area contributed by atoms with E-state index >= 15 is 0 Å². The standard InChI is InChI=1S/C12H16N4O3/c13-9-6-8(3-4-10(9)16(18)19)7-15-5-1-2-11(15)12(14)17/h3-4,6,11H,1-2,5,7,13H2,(H2,14,17). The Kier molecular flexibility index (Phi) is 3.66. The molecule has 1 aliphatic rings. The summed E-state index contributed by atoms with van der Waals surface area (Å²) >= 11 is 0. The van der Waals surface area contributed by atoms with Gasteiger partial charge in [-0.1, -0.05) is 6.07 Å². The summed E-state index contributed by atoms with van der Waals surface area (Å²) in [6.45, 7) is 1.32. The third-order valence-corrected chi connectivity index (χ3v) is 3.37. The van der Waals surface area contributed by atoms with Crippen LogP contribution in [0.3, 0.4) is 0 Å². The lowest BCUT2D eigenvalue weighted by molar-refractivity contribution is -0.383. The van der Waals surface area contributed by atoms with E-state index in [0.29, 0.717) is 6.54 Å². The number of primary amides is 1. The summed E-state index contributed by atoms with van der Waals surface area (Å²) < 4.78 is 0. The first-order valence-corrected chi connectivity index (χ1v) is 6.05. The number of likely N-dealkylation sites (tertiary alicyclic amines) is 1. The Balaban J connectivity index is 2.13. The van der Waals surface area contributed by atoms with Crippen LogP contribution in [0.5, 0.6) is 0 Å². The van der Waals surface area contributed by atoms with Gasteiger partial charge in [-0.3, -0.25) is 19.8 Å². The fourth-order valence-corrected chi connectivity index (χ4v) is 2.44.